The van der Waals surface area contributed by atoms with Gasteiger partial charge in [-0.1, -0.05) is 24.3 Å². The quantitative estimate of drug-likeness (QED) is 0.498. The number of rotatable bonds is 4. The maximum absolute atomic E-state index is 12.3. The van der Waals surface area contributed by atoms with E-state index in [1.165, 1.54) is 48.6 Å². The van der Waals surface area contributed by atoms with Gasteiger partial charge in [-0.3, -0.25) is 29.8 Å². The van der Waals surface area contributed by atoms with Crippen LogP contribution in [0.5, 0.6) is 0 Å². The maximum Gasteiger partial charge on any atom is 0.272 e. The van der Waals surface area contributed by atoms with E-state index in [2.05, 4.69) is 9.97 Å². The molecule has 1 heterocycles. The van der Waals surface area contributed by atoms with E-state index in [4.69, 9.17) is 0 Å². The third kappa shape index (κ3) is 4.07. The molecule has 140 valence electrons. The summed E-state index contributed by atoms with van der Waals surface area (Å²) in [7, 11) is 0. The lowest BCUT2D eigenvalue weighted by atomic mass is 10.2. The van der Waals surface area contributed by atoms with E-state index in [0.29, 0.717) is 11.1 Å². The van der Waals surface area contributed by atoms with E-state index >= 15 is 0 Å². The van der Waals surface area contributed by atoms with Gasteiger partial charge >= 0.3 is 0 Å². The van der Waals surface area contributed by atoms with Crippen LogP contribution >= 0.6 is 0 Å². The molecule has 0 aliphatic rings. The summed E-state index contributed by atoms with van der Waals surface area (Å²) in [5, 5.41) is 21.5. The SMILES string of the molecule is O=c1[nH]c(=Cc2cccc([N+](=O)[O-])c2)c(=O)[nH]c1=Cc1cccc([N+](=O)[O-])c1. The van der Waals surface area contributed by atoms with Crippen LogP contribution in [-0.2, 0) is 0 Å². The fourth-order valence-corrected chi connectivity index (χ4v) is 2.49. The van der Waals surface area contributed by atoms with Gasteiger partial charge in [0, 0.05) is 24.3 Å². The second kappa shape index (κ2) is 7.50. The molecule has 0 bridgehead atoms. The third-order valence-electron chi connectivity index (χ3n) is 3.77. The van der Waals surface area contributed by atoms with Crippen molar-refractivity contribution < 1.29 is 9.85 Å². The Morgan fingerprint density at radius 2 is 1.11 bits per heavy atom. The Labute approximate surface area is 155 Å². The molecule has 0 atom stereocenters. The minimum Gasteiger partial charge on any atom is -0.316 e. The van der Waals surface area contributed by atoms with Crippen LogP contribution in [0.2, 0.25) is 0 Å². The Kier molecular flexibility index (Phi) is 4.94. The van der Waals surface area contributed by atoms with Gasteiger partial charge in [-0.25, -0.2) is 0 Å². The van der Waals surface area contributed by atoms with Crippen molar-refractivity contribution in [3.05, 3.63) is 111 Å². The highest BCUT2D eigenvalue weighted by Gasteiger charge is 2.06. The zero-order valence-corrected chi connectivity index (χ0v) is 14.1. The number of non-ortho nitro benzene ring substituents is 2. The predicted molar refractivity (Wildman–Crippen MR) is 100 cm³/mol. The topological polar surface area (TPSA) is 152 Å². The van der Waals surface area contributed by atoms with Crippen molar-refractivity contribution >= 4 is 23.5 Å². The van der Waals surface area contributed by atoms with Gasteiger partial charge in [0.05, 0.1) is 9.85 Å². The van der Waals surface area contributed by atoms with Gasteiger partial charge in [-0.05, 0) is 23.3 Å². The lowest BCUT2D eigenvalue weighted by Gasteiger charge is -1.96. The van der Waals surface area contributed by atoms with Crippen LogP contribution in [0.3, 0.4) is 0 Å². The molecule has 0 aliphatic carbocycles. The molecule has 3 rings (SSSR count). The Morgan fingerprint density at radius 1 is 0.714 bits per heavy atom. The molecule has 10 heteroatoms. The Balaban J connectivity index is 2.09. The third-order valence-corrected chi connectivity index (χ3v) is 3.77. The van der Waals surface area contributed by atoms with Crippen LogP contribution in [0.25, 0.3) is 12.2 Å². The molecule has 0 spiro atoms. The van der Waals surface area contributed by atoms with Crippen LogP contribution in [-0.4, -0.2) is 19.8 Å². The summed E-state index contributed by atoms with van der Waals surface area (Å²) in [6.45, 7) is 0. The van der Waals surface area contributed by atoms with Crippen molar-refractivity contribution in [2.75, 3.05) is 0 Å². The first-order valence-corrected chi connectivity index (χ1v) is 7.88. The molecule has 0 unspecified atom stereocenters. The average Bonchev–Trinajstić information content (AvgIpc) is 2.66. The number of benzene rings is 2. The number of aromatic amines is 2. The van der Waals surface area contributed by atoms with E-state index < -0.39 is 21.0 Å². The Bertz CT molecular complexity index is 1220. The summed E-state index contributed by atoms with van der Waals surface area (Å²) in [5.41, 5.74) is -0.812. The minimum atomic E-state index is -0.622. The molecule has 2 N–H and O–H groups in total. The van der Waals surface area contributed by atoms with Gasteiger partial charge in [0.25, 0.3) is 22.5 Å². The number of H-pyrrole nitrogens is 2. The standard InChI is InChI=1S/C18H12N4O6/c23-17-15(9-11-3-1-5-13(7-11)21(25)26)19-18(24)16(20-17)10-12-4-2-6-14(8-12)22(27)28/h1-10H,(H,19,24)(H,20,23). The van der Waals surface area contributed by atoms with Crippen molar-refractivity contribution in [2.45, 2.75) is 0 Å². The number of hydrogen-bond donors (Lipinski definition) is 2. The monoisotopic (exact) mass is 380 g/mol. The Morgan fingerprint density at radius 3 is 1.46 bits per heavy atom. The number of hydrogen-bond acceptors (Lipinski definition) is 6. The molecule has 3 aromatic rings. The number of nitrogens with one attached hydrogen (secondary N) is 2. The van der Waals surface area contributed by atoms with Crippen molar-refractivity contribution in [1.82, 2.24) is 9.97 Å². The molecule has 0 aliphatic heterocycles. The first kappa shape index (κ1) is 18.5. The van der Waals surface area contributed by atoms with E-state index in [0.717, 1.165) is 0 Å². The molecule has 0 saturated heterocycles. The first-order chi connectivity index (χ1) is 13.3. The summed E-state index contributed by atoms with van der Waals surface area (Å²) >= 11 is 0. The fraction of sp³-hybridized carbons (Fsp3) is 0. The second-order valence-corrected chi connectivity index (χ2v) is 5.73. The molecule has 2 aromatic carbocycles. The molecule has 0 fully saturated rings. The summed E-state index contributed by atoms with van der Waals surface area (Å²) in [4.78, 5) is 49.9. The van der Waals surface area contributed by atoms with Crippen molar-refractivity contribution in [2.24, 2.45) is 0 Å². The number of nitrogens with zero attached hydrogens (tertiary/aromatic N) is 2. The van der Waals surface area contributed by atoms with Gasteiger partial charge in [-0.15, -0.1) is 0 Å². The smallest absolute Gasteiger partial charge is 0.272 e. The van der Waals surface area contributed by atoms with Crippen LogP contribution < -0.4 is 21.8 Å². The van der Waals surface area contributed by atoms with E-state index in [1.54, 1.807) is 12.1 Å². The largest absolute Gasteiger partial charge is 0.316 e. The summed E-state index contributed by atoms with van der Waals surface area (Å²) in [5.74, 6) is 0. The first-order valence-electron chi connectivity index (χ1n) is 7.88. The number of nitro groups is 2. The van der Waals surface area contributed by atoms with Crippen LogP contribution in [0, 0.1) is 20.2 Å². The average molecular weight is 380 g/mol. The van der Waals surface area contributed by atoms with E-state index in [1.807, 2.05) is 0 Å². The van der Waals surface area contributed by atoms with Gasteiger partial charge in [-0.2, -0.15) is 0 Å². The zero-order chi connectivity index (χ0) is 20.3. The number of nitro benzene ring substituents is 2. The predicted octanol–water partition coefficient (Wildman–Crippen LogP) is 0.537. The van der Waals surface area contributed by atoms with Gasteiger partial charge in [0.1, 0.15) is 10.7 Å². The van der Waals surface area contributed by atoms with Crippen LogP contribution in [0.1, 0.15) is 11.1 Å². The molecule has 28 heavy (non-hydrogen) atoms. The van der Waals surface area contributed by atoms with Crippen molar-refractivity contribution in [1.29, 1.82) is 0 Å². The zero-order valence-electron chi connectivity index (χ0n) is 14.1. The molecule has 0 saturated carbocycles. The van der Waals surface area contributed by atoms with E-state index in [9.17, 15) is 29.8 Å². The van der Waals surface area contributed by atoms with Crippen LogP contribution in [0.4, 0.5) is 11.4 Å². The highest BCUT2D eigenvalue weighted by atomic mass is 16.6. The fourth-order valence-electron chi connectivity index (χ4n) is 2.49. The molecular weight excluding hydrogens is 368 g/mol. The second-order valence-electron chi connectivity index (χ2n) is 5.73. The molecule has 0 amide bonds. The Hall–Kier alpha value is -4.34. The molecule has 1 aromatic heterocycles. The summed E-state index contributed by atoms with van der Waals surface area (Å²) in [6, 6.07) is 11.2. The van der Waals surface area contributed by atoms with Gasteiger partial charge < -0.3 is 9.97 Å². The molecule has 10 nitrogen and oxygen atoms in total. The minimum absolute atomic E-state index is 0.0818. The van der Waals surface area contributed by atoms with Gasteiger partial charge in [0.15, 0.2) is 0 Å². The number of aromatic nitrogens is 2. The molecule has 0 radical (unpaired) electrons. The van der Waals surface area contributed by atoms with E-state index in [-0.39, 0.29) is 22.1 Å². The maximum atomic E-state index is 12.3. The lowest BCUT2D eigenvalue weighted by Crippen LogP contribution is -2.46. The van der Waals surface area contributed by atoms with Crippen LogP contribution in [0.15, 0.2) is 58.1 Å². The summed E-state index contributed by atoms with van der Waals surface area (Å²) < 4.78 is 0. The van der Waals surface area contributed by atoms with Gasteiger partial charge in [0.2, 0.25) is 0 Å². The highest BCUT2D eigenvalue weighted by Crippen LogP contribution is 2.13. The van der Waals surface area contributed by atoms with Crippen molar-refractivity contribution in [3.8, 4) is 0 Å². The lowest BCUT2D eigenvalue weighted by molar-refractivity contribution is -0.385. The molecular formula is C18H12N4O6. The van der Waals surface area contributed by atoms with Crippen molar-refractivity contribution in [3.63, 3.8) is 0 Å². The highest BCUT2D eigenvalue weighted by molar-refractivity contribution is 5.53. The normalized spacial score (nSPS) is 12.1. The summed E-state index contributed by atoms with van der Waals surface area (Å²) in [6.07, 6.45) is 2.62.